The van der Waals surface area contributed by atoms with E-state index in [4.69, 9.17) is 0 Å². The topological polar surface area (TPSA) is 37.3 Å². The number of hydrogen-bond donors (Lipinski definition) is 1. The molecule has 80 valence electrons. The SMILES string of the molecule is O=C1C[C@H](O)C[C@H]1CCc1ccccc1. The summed E-state index contributed by atoms with van der Waals surface area (Å²) in [4.78, 5) is 11.4. The number of ketones is 1. The van der Waals surface area contributed by atoms with E-state index < -0.39 is 6.10 Å². The van der Waals surface area contributed by atoms with Crippen LogP contribution in [0.15, 0.2) is 30.3 Å². The van der Waals surface area contributed by atoms with E-state index in [-0.39, 0.29) is 11.7 Å². The molecule has 2 heteroatoms. The van der Waals surface area contributed by atoms with Gasteiger partial charge in [0.25, 0.3) is 0 Å². The highest BCUT2D eigenvalue weighted by molar-refractivity contribution is 5.83. The predicted octanol–water partition coefficient (Wildman–Crippen LogP) is 1.96. The van der Waals surface area contributed by atoms with Gasteiger partial charge in [0.1, 0.15) is 5.78 Å². The molecule has 2 rings (SSSR count). The third-order valence-electron chi connectivity index (χ3n) is 3.07. The van der Waals surface area contributed by atoms with Gasteiger partial charge in [0.2, 0.25) is 0 Å². The first kappa shape index (κ1) is 10.4. The summed E-state index contributed by atoms with van der Waals surface area (Å²) >= 11 is 0. The quantitative estimate of drug-likeness (QED) is 0.817. The molecule has 0 unspecified atom stereocenters. The second kappa shape index (κ2) is 4.58. The van der Waals surface area contributed by atoms with Crippen molar-refractivity contribution in [1.29, 1.82) is 0 Å². The Bertz CT molecular complexity index is 332. The molecule has 2 atom stereocenters. The van der Waals surface area contributed by atoms with Gasteiger partial charge < -0.3 is 5.11 Å². The zero-order chi connectivity index (χ0) is 10.7. The van der Waals surface area contributed by atoms with Crippen LogP contribution in [-0.4, -0.2) is 17.0 Å². The molecule has 1 N–H and O–H groups in total. The van der Waals surface area contributed by atoms with Crippen LogP contribution in [0.3, 0.4) is 0 Å². The van der Waals surface area contributed by atoms with Gasteiger partial charge in [-0.2, -0.15) is 0 Å². The normalized spacial score (nSPS) is 25.8. The average molecular weight is 204 g/mol. The fourth-order valence-electron chi connectivity index (χ4n) is 2.21. The van der Waals surface area contributed by atoms with Crippen molar-refractivity contribution < 1.29 is 9.90 Å². The van der Waals surface area contributed by atoms with Crippen molar-refractivity contribution in [3.8, 4) is 0 Å². The molecule has 1 fully saturated rings. The van der Waals surface area contributed by atoms with E-state index in [9.17, 15) is 9.90 Å². The van der Waals surface area contributed by atoms with Gasteiger partial charge in [-0.25, -0.2) is 0 Å². The zero-order valence-corrected chi connectivity index (χ0v) is 8.73. The van der Waals surface area contributed by atoms with Crippen molar-refractivity contribution in [1.82, 2.24) is 0 Å². The van der Waals surface area contributed by atoms with Gasteiger partial charge in [0.15, 0.2) is 0 Å². The van der Waals surface area contributed by atoms with Crippen molar-refractivity contribution >= 4 is 5.78 Å². The van der Waals surface area contributed by atoms with Crippen LogP contribution in [-0.2, 0) is 11.2 Å². The maximum Gasteiger partial charge on any atom is 0.138 e. The van der Waals surface area contributed by atoms with Crippen LogP contribution < -0.4 is 0 Å². The monoisotopic (exact) mass is 204 g/mol. The Labute approximate surface area is 89.9 Å². The Kier molecular flexibility index (Phi) is 3.17. The Balaban J connectivity index is 1.86. The first-order chi connectivity index (χ1) is 7.25. The van der Waals surface area contributed by atoms with Crippen molar-refractivity contribution in [3.63, 3.8) is 0 Å². The molecule has 1 aliphatic carbocycles. The molecule has 0 heterocycles. The molecule has 1 aromatic rings. The molecular formula is C13H16O2. The Hall–Kier alpha value is -1.15. The second-order valence-electron chi connectivity index (χ2n) is 4.28. The van der Waals surface area contributed by atoms with Crippen molar-refractivity contribution in [2.75, 3.05) is 0 Å². The van der Waals surface area contributed by atoms with Crippen LogP contribution >= 0.6 is 0 Å². The van der Waals surface area contributed by atoms with Crippen molar-refractivity contribution in [3.05, 3.63) is 35.9 Å². The molecule has 0 bridgehead atoms. The molecule has 1 saturated carbocycles. The summed E-state index contributed by atoms with van der Waals surface area (Å²) in [7, 11) is 0. The van der Waals surface area contributed by atoms with E-state index in [0.29, 0.717) is 12.8 Å². The van der Waals surface area contributed by atoms with Gasteiger partial charge in [-0.3, -0.25) is 4.79 Å². The lowest BCUT2D eigenvalue weighted by molar-refractivity contribution is -0.121. The molecule has 0 spiro atoms. The van der Waals surface area contributed by atoms with Crippen LogP contribution in [0.2, 0.25) is 0 Å². The number of rotatable bonds is 3. The summed E-state index contributed by atoms with van der Waals surface area (Å²) in [6.45, 7) is 0. The number of aliphatic hydroxyl groups is 1. The summed E-state index contributed by atoms with van der Waals surface area (Å²) < 4.78 is 0. The fraction of sp³-hybridized carbons (Fsp3) is 0.462. The van der Waals surface area contributed by atoms with Gasteiger partial charge in [-0.05, 0) is 24.8 Å². The molecule has 2 nitrogen and oxygen atoms in total. The smallest absolute Gasteiger partial charge is 0.138 e. The van der Waals surface area contributed by atoms with E-state index in [1.165, 1.54) is 5.56 Å². The van der Waals surface area contributed by atoms with Crippen LogP contribution in [0.1, 0.15) is 24.8 Å². The van der Waals surface area contributed by atoms with Crippen molar-refractivity contribution in [2.24, 2.45) is 5.92 Å². The van der Waals surface area contributed by atoms with E-state index in [2.05, 4.69) is 12.1 Å². The number of carbonyl (C=O) groups is 1. The first-order valence-electron chi connectivity index (χ1n) is 5.50. The lowest BCUT2D eigenvalue weighted by Gasteiger charge is -2.07. The zero-order valence-electron chi connectivity index (χ0n) is 8.73. The maximum absolute atomic E-state index is 11.4. The van der Waals surface area contributed by atoms with Gasteiger partial charge in [0.05, 0.1) is 6.10 Å². The van der Waals surface area contributed by atoms with Crippen LogP contribution in [0.4, 0.5) is 0 Å². The van der Waals surface area contributed by atoms with E-state index in [1.54, 1.807) is 0 Å². The van der Waals surface area contributed by atoms with Crippen LogP contribution in [0, 0.1) is 5.92 Å². The largest absolute Gasteiger partial charge is 0.393 e. The number of benzene rings is 1. The lowest BCUT2D eigenvalue weighted by Crippen LogP contribution is -2.07. The number of hydrogen-bond acceptors (Lipinski definition) is 2. The second-order valence-corrected chi connectivity index (χ2v) is 4.28. The number of Topliss-reactive ketones (excluding diaryl/α,β-unsaturated/α-hetero) is 1. The molecule has 15 heavy (non-hydrogen) atoms. The highest BCUT2D eigenvalue weighted by Gasteiger charge is 2.30. The van der Waals surface area contributed by atoms with E-state index >= 15 is 0 Å². The highest BCUT2D eigenvalue weighted by Crippen LogP contribution is 2.26. The Morgan fingerprint density at radius 3 is 2.60 bits per heavy atom. The summed E-state index contributed by atoms with van der Waals surface area (Å²) in [5.41, 5.74) is 1.27. The number of carbonyl (C=O) groups excluding carboxylic acids is 1. The van der Waals surface area contributed by atoms with E-state index in [1.807, 2.05) is 18.2 Å². The molecule has 1 aromatic carbocycles. The minimum absolute atomic E-state index is 0.0835. The third-order valence-corrected chi connectivity index (χ3v) is 3.07. The molecule has 1 aliphatic rings. The summed E-state index contributed by atoms with van der Waals surface area (Å²) in [6, 6.07) is 10.2. The standard InChI is InChI=1S/C13H16O2/c14-12-8-11(13(15)9-12)7-6-10-4-2-1-3-5-10/h1-5,11-12,14H,6-9H2/t11-,12-/m1/s1. The van der Waals surface area contributed by atoms with Crippen LogP contribution in [0.25, 0.3) is 0 Å². The fourth-order valence-corrected chi connectivity index (χ4v) is 2.21. The van der Waals surface area contributed by atoms with Gasteiger partial charge >= 0.3 is 0 Å². The molecule has 0 saturated heterocycles. The summed E-state index contributed by atoms with van der Waals surface area (Å²) in [5, 5.41) is 9.35. The van der Waals surface area contributed by atoms with E-state index in [0.717, 1.165) is 12.8 Å². The third kappa shape index (κ3) is 2.66. The van der Waals surface area contributed by atoms with Gasteiger partial charge in [-0.15, -0.1) is 0 Å². The molecule has 0 amide bonds. The van der Waals surface area contributed by atoms with Crippen LogP contribution in [0.5, 0.6) is 0 Å². The molecule has 0 aliphatic heterocycles. The minimum atomic E-state index is -0.390. The Morgan fingerprint density at radius 2 is 2.00 bits per heavy atom. The maximum atomic E-state index is 11.4. The molecule has 0 radical (unpaired) electrons. The number of aliphatic hydroxyl groups excluding tert-OH is 1. The van der Waals surface area contributed by atoms with Gasteiger partial charge in [0, 0.05) is 12.3 Å². The van der Waals surface area contributed by atoms with Gasteiger partial charge in [-0.1, -0.05) is 30.3 Å². The summed E-state index contributed by atoms with van der Waals surface area (Å²) in [5.74, 6) is 0.318. The average Bonchev–Trinajstić information content (AvgIpc) is 2.56. The summed E-state index contributed by atoms with van der Waals surface area (Å²) in [6.07, 6.45) is 2.44. The first-order valence-corrected chi connectivity index (χ1v) is 5.50. The number of aryl methyl sites for hydroxylation is 1. The van der Waals surface area contributed by atoms with Crippen molar-refractivity contribution in [2.45, 2.75) is 31.8 Å². The predicted molar refractivity (Wildman–Crippen MR) is 58.5 cm³/mol. The lowest BCUT2D eigenvalue weighted by atomic mass is 9.97. The molecular weight excluding hydrogens is 188 g/mol. The molecule has 0 aromatic heterocycles. The minimum Gasteiger partial charge on any atom is -0.393 e. The highest BCUT2D eigenvalue weighted by atomic mass is 16.3. The Morgan fingerprint density at radius 1 is 1.27 bits per heavy atom.